The lowest BCUT2D eigenvalue weighted by Crippen LogP contribution is -2.24. The van der Waals surface area contributed by atoms with Gasteiger partial charge in [-0.05, 0) is 18.2 Å². The fourth-order valence-corrected chi connectivity index (χ4v) is 1.67. The van der Waals surface area contributed by atoms with Gasteiger partial charge in [-0.1, -0.05) is 18.2 Å². The average molecular weight is 250 g/mol. The Morgan fingerprint density at radius 3 is 3.00 bits per heavy atom. The number of aromatic nitrogens is 1. The maximum absolute atomic E-state index is 11.8. The molecule has 1 aromatic carbocycles. The number of rotatable bonds is 3. The molecule has 5 heteroatoms. The van der Waals surface area contributed by atoms with Crippen molar-refractivity contribution in [3.63, 3.8) is 0 Å². The summed E-state index contributed by atoms with van der Waals surface area (Å²) in [5.41, 5.74) is 7.71. The number of hydrogen-bond donors (Lipinski definition) is 3. The van der Waals surface area contributed by atoms with Gasteiger partial charge in [0.05, 0.1) is 12.1 Å². The maximum Gasteiger partial charge on any atom is 0.253 e. The van der Waals surface area contributed by atoms with Gasteiger partial charge in [-0.25, -0.2) is 0 Å². The summed E-state index contributed by atoms with van der Waals surface area (Å²) < 4.78 is 0. The number of nitrogen functional groups attached to an aromatic ring is 1. The van der Waals surface area contributed by atoms with Gasteiger partial charge in [0.2, 0.25) is 0 Å². The summed E-state index contributed by atoms with van der Waals surface area (Å²) in [6.45, 7) is 3.76. The van der Waals surface area contributed by atoms with E-state index in [1.54, 1.807) is 18.3 Å². The van der Waals surface area contributed by atoms with E-state index in [4.69, 9.17) is 17.3 Å². The van der Waals surface area contributed by atoms with Crippen molar-refractivity contribution < 1.29 is 4.79 Å². The van der Waals surface area contributed by atoms with Crippen molar-refractivity contribution >= 4 is 34.1 Å². The van der Waals surface area contributed by atoms with Gasteiger partial charge >= 0.3 is 0 Å². The molecule has 0 bridgehead atoms. The molecule has 2 rings (SSSR count). The smallest absolute Gasteiger partial charge is 0.253 e. The number of carbonyl (C=O) groups excluding carboxylic acids is 1. The second-order valence-electron chi connectivity index (χ2n) is 3.71. The fourth-order valence-electron chi connectivity index (χ4n) is 1.60. The van der Waals surface area contributed by atoms with Crippen LogP contribution in [0.1, 0.15) is 10.4 Å². The molecule has 0 radical (unpaired) electrons. The summed E-state index contributed by atoms with van der Waals surface area (Å²) in [7, 11) is 0. The number of amides is 1. The fraction of sp³-hybridized carbons (Fsp3) is 0.0833. The SMILES string of the molecule is C=C(Cl)CNC(=O)c1c[nH]c2cc(N)ccc12. The van der Waals surface area contributed by atoms with Gasteiger partial charge in [-0.2, -0.15) is 0 Å². The Hall–Kier alpha value is -1.94. The Morgan fingerprint density at radius 2 is 2.29 bits per heavy atom. The van der Waals surface area contributed by atoms with Crippen molar-refractivity contribution in [3.8, 4) is 0 Å². The van der Waals surface area contributed by atoms with Crippen LogP contribution in [-0.2, 0) is 0 Å². The van der Waals surface area contributed by atoms with Gasteiger partial charge in [0.15, 0.2) is 0 Å². The normalized spacial score (nSPS) is 10.4. The monoisotopic (exact) mass is 249 g/mol. The van der Waals surface area contributed by atoms with Crippen LogP contribution in [0.4, 0.5) is 5.69 Å². The molecule has 0 saturated carbocycles. The van der Waals surface area contributed by atoms with Crippen LogP contribution in [0.5, 0.6) is 0 Å². The first-order valence-corrected chi connectivity index (χ1v) is 5.44. The highest BCUT2D eigenvalue weighted by Gasteiger charge is 2.11. The Morgan fingerprint density at radius 1 is 1.53 bits per heavy atom. The molecule has 0 spiro atoms. The van der Waals surface area contributed by atoms with Crippen molar-refractivity contribution in [1.29, 1.82) is 0 Å². The first-order valence-electron chi connectivity index (χ1n) is 5.06. The average Bonchev–Trinajstić information content (AvgIpc) is 2.68. The van der Waals surface area contributed by atoms with Crippen molar-refractivity contribution in [2.45, 2.75) is 0 Å². The van der Waals surface area contributed by atoms with E-state index >= 15 is 0 Å². The van der Waals surface area contributed by atoms with Crippen LogP contribution >= 0.6 is 11.6 Å². The Balaban J connectivity index is 2.29. The van der Waals surface area contributed by atoms with E-state index in [-0.39, 0.29) is 12.5 Å². The number of fused-ring (bicyclic) bond motifs is 1. The standard InChI is InChI=1S/C12H12ClN3O/c1-7(13)5-16-12(17)10-6-15-11-4-8(14)2-3-9(10)11/h2-4,6,15H,1,5,14H2,(H,16,17). The minimum atomic E-state index is -0.192. The third-order valence-electron chi connectivity index (χ3n) is 2.39. The summed E-state index contributed by atoms with van der Waals surface area (Å²) in [4.78, 5) is 14.8. The predicted molar refractivity (Wildman–Crippen MR) is 70.0 cm³/mol. The number of nitrogens with one attached hydrogen (secondary N) is 2. The van der Waals surface area contributed by atoms with E-state index in [9.17, 15) is 4.79 Å². The molecule has 1 amide bonds. The number of halogens is 1. The zero-order chi connectivity index (χ0) is 12.4. The Bertz CT molecular complexity index is 588. The van der Waals surface area contributed by atoms with Crippen LogP contribution < -0.4 is 11.1 Å². The highest BCUT2D eigenvalue weighted by molar-refractivity contribution is 6.29. The molecule has 17 heavy (non-hydrogen) atoms. The number of nitrogens with two attached hydrogens (primary N) is 1. The van der Waals surface area contributed by atoms with E-state index < -0.39 is 0 Å². The quantitative estimate of drug-likeness (QED) is 0.730. The van der Waals surface area contributed by atoms with Crippen LogP contribution in [0.25, 0.3) is 10.9 Å². The lowest BCUT2D eigenvalue weighted by Gasteiger charge is -2.02. The molecular formula is C12H12ClN3O. The molecular weight excluding hydrogens is 238 g/mol. The van der Waals surface area contributed by atoms with E-state index in [1.165, 1.54) is 0 Å². The molecule has 0 aliphatic rings. The molecule has 88 valence electrons. The molecule has 0 unspecified atom stereocenters. The summed E-state index contributed by atoms with van der Waals surface area (Å²) in [6, 6.07) is 5.35. The molecule has 0 atom stereocenters. The molecule has 4 nitrogen and oxygen atoms in total. The maximum atomic E-state index is 11.8. The van der Waals surface area contributed by atoms with Crippen LogP contribution in [0, 0.1) is 0 Å². The molecule has 0 aliphatic heterocycles. The van der Waals surface area contributed by atoms with Crippen molar-refractivity contribution in [1.82, 2.24) is 10.3 Å². The van der Waals surface area contributed by atoms with E-state index in [1.807, 2.05) is 6.07 Å². The van der Waals surface area contributed by atoms with Gasteiger partial charge in [0.1, 0.15) is 0 Å². The summed E-state index contributed by atoms with van der Waals surface area (Å²) in [5.74, 6) is -0.192. The van der Waals surface area contributed by atoms with Crippen LogP contribution in [0.2, 0.25) is 0 Å². The summed E-state index contributed by atoms with van der Waals surface area (Å²) in [5, 5.41) is 3.89. The minimum Gasteiger partial charge on any atom is -0.399 e. The third-order valence-corrected chi connectivity index (χ3v) is 2.52. The van der Waals surface area contributed by atoms with Gasteiger partial charge in [-0.15, -0.1) is 0 Å². The molecule has 0 fully saturated rings. The topological polar surface area (TPSA) is 70.9 Å². The lowest BCUT2D eigenvalue weighted by molar-refractivity contribution is 0.0959. The van der Waals surface area contributed by atoms with Gasteiger partial charge < -0.3 is 16.0 Å². The first kappa shape index (κ1) is 11.5. The van der Waals surface area contributed by atoms with Gasteiger partial charge in [0, 0.05) is 27.8 Å². The highest BCUT2D eigenvalue weighted by atomic mass is 35.5. The molecule has 0 saturated heterocycles. The molecule has 1 heterocycles. The lowest BCUT2D eigenvalue weighted by atomic mass is 10.1. The summed E-state index contributed by atoms with van der Waals surface area (Å²) >= 11 is 5.59. The van der Waals surface area contributed by atoms with Gasteiger partial charge in [-0.3, -0.25) is 4.79 Å². The molecule has 1 aromatic heterocycles. The van der Waals surface area contributed by atoms with E-state index in [2.05, 4.69) is 16.9 Å². The van der Waals surface area contributed by atoms with E-state index in [0.717, 1.165) is 10.9 Å². The predicted octanol–water partition coefficient (Wildman–Crippen LogP) is 2.23. The number of H-pyrrole nitrogens is 1. The van der Waals surface area contributed by atoms with E-state index in [0.29, 0.717) is 16.3 Å². The zero-order valence-corrected chi connectivity index (χ0v) is 9.84. The van der Waals surface area contributed by atoms with Crippen molar-refractivity contribution in [3.05, 3.63) is 41.6 Å². The minimum absolute atomic E-state index is 0.192. The van der Waals surface area contributed by atoms with Crippen LogP contribution in [0.15, 0.2) is 36.0 Å². The Kier molecular flexibility index (Phi) is 3.06. The first-order chi connectivity index (χ1) is 8.08. The Labute approximate surface area is 103 Å². The number of aromatic amines is 1. The highest BCUT2D eigenvalue weighted by Crippen LogP contribution is 2.20. The second kappa shape index (κ2) is 4.51. The van der Waals surface area contributed by atoms with Crippen molar-refractivity contribution in [2.75, 3.05) is 12.3 Å². The molecule has 4 N–H and O–H groups in total. The zero-order valence-electron chi connectivity index (χ0n) is 9.09. The number of carbonyl (C=O) groups is 1. The third kappa shape index (κ3) is 2.42. The summed E-state index contributed by atoms with van der Waals surface area (Å²) in [6.07, 6.45) is 1.65. The van der Waals surface area contributed by atoms with Gasteiger partial charge in [0.25, 0.3) is 5.91 Å². The largest absolute Gasteiger partial charge is 0.399 e. The van der Waals surface area contributed by atoms with Crippen LogP contribution in [0.3, 0.4) is 0 Å². The number of anilines is 1. The molecule has 2 aromatic rings. The van der Waals surface area contributed by atoms with Crippen molar-refractivity contribution in [2.24, 2.45) is 0 Å². The second-order valence-corrected chi connectivity index (χ2v) is 4.24. The number of hydrogen-bond acceptors (Lipinski definition) is 2. The molecule has 0 aliphatic carbocycles. The number of benzene rings is 1. The van der Waals surface area contributed by atoms with Crippen LogP contribution in [-0.4, -0.2) is 17.4 Å².